The highest BCUT2D eigenvalue weighted by molar-refractivity contribution is 7.89. The summed E-state index contributed by atoms with van der Waals surface area (Å²) in [5, 5.41) is 20.2. The summed E-state index contributed by atoms with van der Waals surface area (Å²) in [6.45, 7) is 1.85. The Morgan fingerprint density at radius 1 is 1.35 bits per heavy atom. The smallest absolute Gasteiger partial charge is 0.212 e. The van der Waals surface area contributed by atoms with Crippen molar-refractivity contribution in [3.63, 3.8) is 0 Å². The van der Waals surface area contributed by atoms with Gasteiger partial charge in [0, 0.05) is 0 Å². The fraction of sp³-hybridized carbons (Fsp3) is 0.462. The number of aliphatic carboxylic acids is 1. The molecule has 0 aliphatic rings. The molecule has 0 saturated carbocycles. The van der Waals surface area contributed by atoms with Crippen LogP contribution in [0.5, 0.6) is 5.75 Å². The molecule has 0 fully saturated rings. The number of carbonyl (C=O) groups is 1. The Morgan fingerprint density at radius 3 is 2.45 bits per heavy atom. The number of phenols is 1. The monoisotopic (exact) mass is 300 g/mol. The molecule has 0 aliphatic carbocycles. The highest BCUT2D eigenvalue weighted by atomic mass is 32.2. The summed E-state index contributed by atoms with van der Waals surface area (Å²) >= 11 is 0. The molecule has 0 saturated heterocycles. The van der Waals surface area contributed by atoms with E-state index < -0.39 is 22.0 Å². The van der Waals surface area contributed by atoms with Gasteiger partial charge in [-0.3, -0.25) is 0 Å². The maximum absolute atomic E-state index is 11.7. The first-order chi connectivity index (χ1) is 9.34. The molecule has 0 amide bonds. The Morgan fingerprint density at radius 2 is 1.95 bits per heavy atom. The van der Waals surface area contributed by atoms with E-state index in [1.165, 1.54) is 24.3 Å². The number of phenolic OH excluding ortho intramolecular Hbond substituents is 1. The summed E-state index contributed by atoms with van der Waals surface area (Å²) in [4.78, 5) is 11.0. The molecule has 0 aromatic heterocycles. The molecule has 0 bridgehead atoms. The summed E-state index contributed by atoms with van der Waals surface area (Å²) in [6.07, 6.45) is 1.14. The lowest BCUT2D eigenvalue weighted by Gasteiger charge is -2.19. The van der Waals surface area contributed by atoms with Crippen LogP contribution < -0.4 is 9.83 Å². The Hall–Kier alpha value is -1.60. The van der Waals surface area contributed by atoms with E-state index in [4.69, 9.17) is 5.11 Å². The van der Waals surface area contributed by atoms with Crippen LogP contribution in [0.25, 0.3) is 0 Å². The van der Waals surface area contributed by atoms with Crippen molar-refractivity contribution in [3.8, 4) is 5.75 Å². The van der Waals surface area contributed by atoms with Crippen molar-refractivity contribution in [1.82, 2.24) is 4.72 Å². The van der Waals surface area contributed by atoms with Crippen LogP contribution in [0.1, 0.15) is 25.3 Å². The molecule has 112 valence electrons. The van der Waals surface area contributed by atoms with Crippen molar-refractivity contribution in [3.05, 3.63) is 29.8 Å². The van der Waals surface area contributed by atoms with Crippen LogP contribution in [0.3, 0.4) is 0 Å². The van der Waals surface area contributed by atoms with Crippen LogP contribution in [0.15, 0.2) is 24.3 Å². The third-order valence-corrected chi connectivity index (χ3v) is 4.22. The van der Waals surface area contributed by atoms with Gasteiger partial charge in [-0.05, 0) is 30.5 Å². The van der Waals surface area contributed by atoms with Crippen LogP contribution in [-0.4, -0.2) is 31.3 Å². The molecule has 0 aliphatic heterocycles. The second-order valence-corrected chi connectivity index (χ2v) is 6.41. The van der Waals surface area contributed by atoms with E-state index in [2.05, 4.69) is 4.72 Å². The standard InChI is InChI=1S/C13H19NO5S/c1-2-3-8-20(18,19)14-12(13(16)17)9-10-4-6-11(15)7-5-10/h4-7,12,14-15H,2-3,8-9H2,1H3,(H,16,17)/p-1. The molecular weight excluding hydrogens is 282 g/mol. The second kappa shape index (κ2) is 7.25. The summed E-state index contributed by atoms with van der Waals surface area (Å²) in [7, 11) is -3.64. The fourth-order valence-electron chi connectivity index (χ4n) is 1.65. The lowest BCUT2D eigenvalue weighted by molar-refractivity contribution is -0.307. The largest absolute Gasteiger partial charge is 0.548 e. The molecule has 7 heteroatoms. The summed E-state index contributed by atoms with van der Waals surface area (Å²) < 4.78 is 25.6. The molecule has 1 rings (SSSR count). The van der Waals surface area contributed by atoms with E-state index in [0.29, 0.717) is 18.4 Å². The minimum Gasteiger partial charge on any atom is -0.548 e. The van der Waals surface area contributed by atoms with E-state index >= 15 is 0 Å². The average Bonchev–Trinajstić information content (AvgIpc) is 2.38. The number of hydrogen-bond acceptors (Lipinski definition) is 5. The van der Waals surface area contributed by atoms with Gasteiger partial charge in [0.2, 0.25) is 10.0 Å². The molecule has 1 aromatic carbocycles. The number of rotatable bonds is 8. The zero-order valence-corrected chi connectivity index (χ0v) is 12.0. The third kappa shape index (κ3) is 5.58. The van der Waals surface area contributed by atoms with Gasteiger partial charge in [-0.1, -0.05) is 25.5 Å². The molecule has 0 radical (unpaired) electrons. The zero-order valence-electron chi connectivity index (χ0n) is 11.2. The predicted octanol–water partition coefficient (Wildman–Crippen LogP) is -0.227. The van der Waals surface area contributed by atoms with Crippen molar-refractivity contribution in [1.29, 1.82) is 0 Å². The Bertz CT molecular complexity index is 538. The lowest BCUT2D eigenvalue weighted by atomic mass is 10.1. The number of benzene rings is 1. The number of carboxylic acids is 1. The second-order valence-electron chi connectivity index (χ2n) is 4.53. The van der Waals surface area contributed by atoms with E-state index in [0.717, 1.165) is 0 Å². The third-order valence-electron chi connectivity index (χ3n) is 2.75. The van der Waals surface area contributed by atoms with Crippen LogP contribution in [0, 0.1) is 0 Å². The van der Waals surface area contributed by atoms with Gasteiger partial charge in [-0.2, -0.15) is 0 Å². The van der Waals surface area contributed by atoms with Crippen molar-refractivity contribution in [2.45, 2.75) is 32.2 Å². The molecule has 1 aromatic rings. The van der Waals surface area contributed by atoms with Gasteiger partial charge in [0.1, 0.15) is 5.75 Å². The highest BCUT2D eigenvalue weighted by Crippen LogP contribution is 2.11. The first-order valence-corrected chi connectivity index (χ1v) is 7.98. The fourth-order valence-corrected chi connectivity index (χ4v) is 3.05. The van der Waals surface area contributed by atoms with Crippen LogP contribution in [-0.2, 0) is 21.2 Å². The molecule has 2 N–H and O–H groups in total. The highest BCUT2D eigenvalue weighted by Gasteiger charge is 2.18. The van der Waals surface area contributed by atoms with Gasteiger partial charge in [0.25, 0.3) is 0 Å². The maximum atomic E-state index is 11.7. The van der Waals surface area contributed by atoms with Gasteiger partial charge in [0.05, 0.1) is 17.8 Å². The van der Waals surface area contributed by atoms with Crippen molar-refractivity contribution in [2.75, 3.05) is 5.75 Å². The van der Waals surface area contributed by atoms with Gasteiger partial charge in [-0.25, -0.2) is 13.1 Å². The first-order valence-electron chi connectivity index (χ1n) is 6.33. The number of unbranched alkanes of at least 4 members (excludes halogenated alkanes) is 1. The lowest BCUT2D eigenvalue weighted by Crippen LogP contribution is -2.49. The number of hydrogen-bond donors (Lipinski definition) is 2. The zero-order chi connectivity index (χ0) is 15.2. The van der Waals surface area contributed by atoms with E-state index in [1.807, 2.05) is 6.92 Å². The van der Waals surface area contributed by atoms with Crippen molar-refractivity contribution < 1.29 is 23.4 Å². The van der Waals surface area contributed by atoms with Gasteiger partial charge in [-0.15, -0.1) is 0 Å². The van der Waals surface area contributed by atoms with Gasteiger partial charge in [0.15, 0.2) is 0 Å². The number of nitrogens with one attached hydrogen (secondary N) is 1. The van der Waals surface area contributed by atoms with Crippen LogP contribution in [0.4, 0.5) is 0 Å². The average molecular weight is 300 g/mol. The Kier molecular flexibility index (Phi) is 5.97. The van der Waals surface area contributed by atoms with Crippen molar-refractivity contribution >= 4 is 16.0 Å². The van der Waals surface area contributed by atoms with Gasteiger partial charge >= 0.3 is 0 Å². The topological polar surface area (TPSA) is 107 Å². The molecule has 20 heavy (non-hydrogen) atoms. The SMILES string of the molecule is CCCCS(=O)(=O)NC(Cc1ccc(O)cc1)C(=O)[O-]. The van der Waals surface area contributed by atoms with Crippen LogP contribution >= 0.6 is 0 Å². The summed E-state index contributed by atoms with van der Waals surface area (Å²) in [6, 6.07) is 4.57. The Labute approximate surface area is 118 Å². The van der Waals surface area contributed by atoms with E-state index in [1.54, 1.807) is 0 Å². The maximum Gasteiger partial charge on any atom is 0.212 e. The molecule has 0 spiro atoms. The van der Waals surface area contributed by atoms with Crippen LogP contribution in [0.2, 0.25) is 0 Å². The number of carboxylic acid groups (broad SMARTS) is 1. The normalized spacial score (nSPS) is 13.1. The molecule has 6 nitrogen and oxygen atoms in total. The summed E-state index contributed by atoms with van der Waals surface area (Å²) in [5.74, 6) is -1.52. The van der Waals surface area contributed by atoms with E-state index in [-0.39, 0.29) is 17.9 Å². The van der Waals surface area contributed by atoms with Crippen molar-refractivity contribution in [2.24, 2.45) is 0 Å². The van der Waals surface area contributed by atoms with E-state index in [9.17, 15) is 18.3 Å². The first kappa shape index (κ1) is 16.5. The number of aromatic hydroxyl groups is 1. The minimum atomic E-state index is -3.64. The summed E-state index contributed by atoms with van der Waals surface area (Å²) in [5.41, 5.74) is 0.593. The number of sulfonamides is 1. The minimum absolute atomic E-state index is 0.0338. The van der Waals surface area contributed by atoms with Gasteiger partial charge < -0.3 is 15.0 Å². The molecule has 0 heterocycles. The Balaban J connectivity index is 2.75. The molecule has 1 atom stereocenters. The predicted molar refractivity (Wildman–Crippen MR) is 72.4 cm³/mol. The molecular formula is C13H18NO5S-. The number of carbonyl (C=O) groups excluding carboxylic acids is 1. The quantitative estimate of drug-likeness (QED) is 0.690. The molecule has 1 unspecified atom stereocenters.